The first kappa shape index (κ1) is 25.7. The van der Waals surface area contributed by atoms with E-state index < -0.39 is 39.1 Å². The van der Waals surface area contributed by atoms with Gasteiger partial charge in [-0.15, -0.1) is 0 Å². The summed E-state index contributed by atoms with van der Waals surface area (Å²) >= 11 is 0. The van der Waals surface area contributed by atoms with E-state index in [-0.39, 0.29) is 5.78 Å². The van der Waals surface area contributed by atoms with Crippen LogP contribution in [0.4, 0.5) is 0 Å². The van der Waals surface area contributed by atoms with Crippen molar-refractivity contribution >= 4 is 44.5 Å². The van der Waals surface area contributed by atoms with E-state index >= 15 is 0 Å². The van der Waals surface area contributed by atoms with Gasteiger partial charge in [0.25, 0.3) is 0 Å². The van der Waals surface area contributed by atoms with Crippen LogP contribution < -0.4 is 5.19 Å². The third-order valence-corrected chi connectivity index (χ3v) is 14.8. The molecule has 0 fully saturated rings. The zero-order valence-electron chi connectivity index (χ0n) is 19.9. The lowest BCUT2D eigenvalue weighted by Gasteiger charge is -2.41. The van der Waals surface area contributed by atoms with Crippen molar-refractivity contribution in [2.24, 2.45) is 0 Å². The van der Waals surface area contributed by atoms with Gasteiger partial charge >= 0.3 is 8.80 Å². The van der Waals surface area contributed by atoms with E-state index in [0.29, 0.717) is 5.56 Å². The third-order valence-electron chi connectivity index (χ3n) is 3.98. The predicted molar refractivity (Wildman–Crippen MR) is 129 cm³/mol. The summed E-state index contributed by atoms with van der Waals surface area (Å²) in [6.45, 7) is 25.2. The van der Waals surface area contributed by atoms with Gasteiger partial charge in [0.1, 0.15) is 5.60 Å². The van der Waals surface area contributed by atoms with Crippen molar-refractivity contribution in [3.63, 3.8) is 0 Å². The molecule has 4 nitrogen and oxygen atoms in total. The molecule has 0 saturated carbocycles. The standard InChI is InChI=1S/C20H40O4Si4/c1-20(2,19(21)17-13-15-18(16-14-17)25(3,4)5)22-28(12,23-26(6,7)8)24-27(9,10)11/h13-16H,1-12H3. The Balaban J connectivity index is 3.15. The number of hydrogen-bond acceptors (Lipinski definition) is 4. The van der Waals surface area contributed by atoms with Crippen LogP contribution in [-0.2, 0) is 12.7 Å². The van der Waals surface area contributed by atoms with Gasteiger partial charge in [-0.3, -0.25) is 4.79 Å². The maximum Gasteiger partial charge on any atom is 0.477 e. The molecule has 0 N–H and O–H groups in total. The molecule has 0 aliphatic carbocycles. The van der Waals surface area contributed by atoms with Gasteiger partial charge in [-0.1, -0.05) is 49.1 Å². The fourth-order valence-electron chi connectivity index (χ4n) is 3.15. The number of hydrogen-bond donors (Lipinski definition) is 0. The molecule has 0 atom stereocenters. The fraction of sp³-hybridized carbons (Fsp3) is 0.650. The Kier molecular flexibility index (Phi) is 7.71. The molecule has 8 heteroatoms. The summed E-state index contributed by atoms with van der Waals surface area (Å²) < 4.78 is 19.2. The molecule has 0 amide bonds. The Morgan fingerprint density at radius 2 is 1.14 bits per heavy atom. The lowest BCUT2D eigenvalue weighted by atomic mass is 9.97. The Morgan fingerprint density at radius 1 is 0.750 bits per heavy atom. The zero-order valence-corrected chi connectivity index (χ0v) is 23.9. The predicted octanol–water partition coefficient (Wildman–Crippen LogP) is 5.48. The van der Waals surface area contributed by atoms with Crippen LogP contribution in [0.15, 0.2) is 24.3 Å². The topological polar surface area (TPSA) is 44.8 Å². The second-order valence-electron chi connectivity index (χ2n) is 11.1. The molecule has 1 rings (SSSR count). The molecule has 1 aromatic rings. The molecule has 160 valence electrons. The summed E-state index contributed by atoms with van der Waals surface area (Å²) in [7, 11) is -8.19. The number of carbonyl (C=O) groups excluding carboxylic acids is 1. The first-order valence-electron chi connectivity index (χ1n) is 10.0. The minimum absolute atomic E-state index is 0.0355. The molecule has 0 aromatic heterocycles. The van der Waals surface area contributed by atoms with E-state index in [9.17, 15) is 4.79 Å². The van der Waals surface area contributed by atoms with Crippen molar-refractivity contribution in [2.45, 2.75) is 84.9 Å². The number of benzene rings is 1. The van der Waals surface area contributed by atoms with Gasteiger partial charge in [0.2, 0.25) is 0 Å². The summed E-state index contributed by atoms with van der Waals surface area (Å²) in [5.74, 6) is -0.0355. The third kappa shape index (κ3) is 8.17. The first-order chi connectivity index (χ1) is 12.2. The van der Waals surface area contributed by atoms with E-state index in [1.54, 1.807) is 0 Å². The van der Waals surface area contributed by atoms with Gasteiger partial charge in [-0.2, -0.15) is 0 Å². The molecular weight excluding hydrogens is 417 g/mol. The molecule has 0 saturated heterocycles. The van der Waals surface area contributed by atoms with Gasteiger partial charge in [-0.05, 0) is 53.1 Å². The normalized spacial score (nSPS) is 14.3. The zero-order chi connectivity index (χ0) is 22.2. The molecule has 0 aliphatic heterocycles. The Morgan fingerprint density at radius 3 is 1.46 bits per heavy atom. The quantitative estimate of drug-likeness (QED) is 0.364. The van der Waals surface area contributed by atoms with Crippen LogP contribution in [0.5, 0.6) is 0 Å². The summed E-state index contributed by atoms with van der Waals surface area (Å²) in [5.41, 5.74) is -0.342. The minimum atomic E-state index is -2.98. The van der Waals surface area contributed by atoms with Crippen LogP contribution >= 0.6 is 0 Å². The summed E-state index contributed by atoms with van der Waals surface area (Å²) in [5, 5.41) is 1.34. The molecule has 0 bridgehead atoms. The fourth-order valence-corrected chi connectivity index (χ4v) is 15.1. The second kappa shape index (κ2) is 8.41. The van der Waals surface area contributed by atoms with Crippen LogP contribution in [-0.4, -0.2) is 44.9 Å². The molecule has 28 heavy (non-hydrogen) atoms. The smallest absolute Gasteiger partial charge is 0.417 e. The SMILES string of the molecule is CC(C)(O[Si](C)(O[Si](C)(C)C)O[Si](C)(C)C)C(=O)c1ccc([Si](C)(C)C)cc1. The Labute approximate surface area is 176 Å². The molecule has 0 radical (unpaired) electrons. The highest BCUT2D eigenvalue weighted by Crippen LogP contribution is 2.28. The first-order valence-corrected chi connectivity index (χ1v) is 22.5. The number of rotatable bonds is 9. The van der Waals surface area contributed by atoms with Gasteiger partial charge in [-0.25, -0.2) is 0 Å². The van der Waals surface area contributed by atoms with Crippen molar-refractivity contribution in [1.29, 1.82) is 0 Å². The van der Waals surface area contributed by atoms with E-state index in [2.05, 4.69) is 71.1 Å². The molecule has 0 spiro atoms. The van der Waals surface area contributed by atoms with Crippen molar-refractivity contribution < 1.29 is 17.5 Å². The highest BCUT2D eigenvalue weighted by atomic mass is 28.5. The average Bonchev–Trinajstić information content (AvgIpc) is 2.40. The summed E-state index contributed by atoms with van der Waals surface area (Å²) in [6, 6.07) is 8.03. The molecular formula is C20H40O4Si4. The van der Waals surface area contributed by atoms with E-state index in [1.807, 2.05) is 32.5 Å². The van der Waals surface area contributed by atoms with E-state index in [0.717, 1.165) is 0 Å². The van der Waals surface area contributed by atoms with Crippen molar-refractivity contribution in [2.75, 3.05) is 0 Å². The van der Waals surface area contributed by atoms with E-state index in [4.69, 9.17) is 12.7 Å². The van der Waals surface area contributed by atoms with Gasteiger partial charge in [0.15, 0.2) is 22.4 Å². The maximum absolute atomic E-state index is 13.3. The van der Waals surface area contributed by atoms with E-state index in [1.165, 1.54) is 5.19 Å². The minimum Gasteiger partial charge on any atom is -0.417 e. The lowest BCUT2D eigenvalue weighted by molar-refractivity contribution is 0.0313. The molecule has 0 heterocycles. The summed E-state index contributed by atoms with van der Waals surface area (Å²) in [6.07, 6.45) is 0. The van der Waals surface area contributed by atoms with Crippen molar-refractivity contribution in [3.8, 4) is 0 Å². The molecule has 1 aromatic carbocycles. The Hall–Kier alpha value is -0.362. The van der Waals surface area contributed by atoms with Crippen molar-refractivity contribution in [3.05, 3.63) is 29.8 Å². The van der Waals surface area contributed by atoms with Crippen LogP contribution in [0.1, 0.15) is 24.2 Å². The molecule has 0 aliphatic rings. The number of carbonyl (C=O) groups is 1. The number of Topliss-reactive ketones (excluding diaryl/α,β-unsaturated/α-hetero) is 1. The van der Waals surface area contributed by atoms with Gasteiger partial charge in [0, 0.05) is 12.1 Å². The largest absolute Gasteiger partial charge is 0.477 e. The maximum atomic E-state index is 13.3. The highest BCUT2D eigenvalue weighted by molar-refractivity contribution is 6.88. The summed E-state index contributed by atoms with van der Waals surface area (Å²) in [4.78, 5) is 13.3. The van der Waals surface area contributed by atoms with Crippen molar-refractivity contribution in [1.82, 2.24) is 0 Å². The molecule has 0 unspecified atom stereocenters. The lowest BCUT2D eigenvalue weighted by Crippen LogP contribution is -2.59. The van der Waals surface area contributed by atoms with Crippen LogP contribution in [0.3, 0.4) is 0 Å². The monoisotopic (exact) mass is 456 g/mol. The van der Waals surface area contributed by atoms with Crippen LogP contribution in [0.2, 0.25) is 65.5 Å². The van der Waals surface area contributed by atoms with Crippen LogP contribution in [0.25, 0.3) is 0 Å². The van der Waals surface area contributed by atoms with Crippen LogP contribution in [0, 0.1) is 0 Å². The van der Waals surface area contributed by atoms with Gasteiger partial charge in [0.05, 0.1) is 8.07 Å². The number of ketones is 1. The Bertz CT molecular complexity index is 664. The second-order valence-corrected chi connectivity index (χ2v) is 28.1. The van der Waals surface area contributed by atoms with Gasteiger partial charge < -0.3 is 12.7 Å². The average molecular weight is 457 g/mol. The highest BCUT2D eigenvalue weighted by Gasteiger charge is 2.48.